The Kier molecular flexibility index (Phi) is 5.19. The summed E-state index contributed by atoms with van der Waals surface area (Å²) in [6, 6.07) is 11.5. The molecule has 0 bridgehead atoms. The molecule has 0 unspecified atom stereocenters. The summed E-state index contributed by atoms with van der Waals surface area (Å²) in [6.07, 6.45) is 0. The normalized spacial score (nSPS) is 11.0. The molecule has 2 aromatic carbocycles. The number of hydrogen-bond acceptors (Lipinski definition) is 5. The quantitative estimate of drug-likeness (QED) is 0.656. The molecule has 0 aliphatic carbocycles. The fourth-order valence-corrected chi connectivity index (χ4v) is 1.95. The van der Waals surface area contributed by atoms with Crippen LogP contribution in [-0.4, -0.2) is 30.9 Å². The maximum atomic E-state index is 12.2. The number of aromatic hydroxyl groups is 1. The van der Waals surface area contributed by atoms with Crippen LogP contribution in [0.15, 0.2) is 47.6 Å². The van der Waals surface area contributed by atoms with Crippen LogP contribution in [0.4, 0.5) is 0 Å². The Hall–Kier alpha value is -3.02. The molecule has 6 heteroatoms. The van der Waals surface area contributed by atoms with Crippen LogP contribution in [0.25, 0.3) is 0 Å². The zero-order chi connectivity index (χ0) is 16.8. The lowest BCUT2D eigenvalue weighted by molar-refractivity contribution is 0.0951. The number of nitrogens with zero attached hydrogens (tertiary/aromatic N) is 1. The van der Waals surface area contributed by atoms with Gasteiger partial charge in [0.2, 0.25) is 0 Å². The van der Waals surface area contributed by atoms with Gasteiger partial charge in [0.15, 0.2) is 0 Å². The summed E-state index contributed by atoms with van der Waals surface area (Å²) in [6.45, 7) is 1.76. The summed E-state index contributed by atoms with van der Waals surface area (Å²) in [5.74, 6) is 0.790. The van der Waals surface area contributed by atoms with Crippen molar-refractivity contribution in [3.8, 4) is 17.2 Å². The summed E-state index contributed by atoms with van der Waals surface area (Å²) in [5.41, 5.74) is 4.26. The molecule has 2 aromatic rings. The van der Waals surface area contributed by atoms with E-state index in [1.54, 1.807) is 56.5 Å². The van der Waals surface area contributed by atoms with Crippen LogP contribution >= 0.6 is 0 Å². The molecule has 23 heavy (non-hydrogen) atoms. The van der Waals surface area contributed by atoms with Crippen molar-refractivity contribution < 1.29 is 19.4 Å². The van der Waals surface area contributed by atoms with E-state index in [0.717, 1.165) is 5.56 Å². The summed E-state index contributed by atoms with van der Waals surface area (Å²) in [7, 11) is 3.02. The molecular weight excluding hydrogens is 296 g/mol. The van der Waals surface area contributed by atoms with E-state index in [1.165, 1.54) is 7.11 Å². The number of hydrogen-bond donors (Lipinski definition) is 2. The number of amides is 1. The second-order valence-electron chi connectivity index (χ2n) is 4.75. The van der Waals surface area contributed by atoms with Gasteiger partial charge in [-0.2, -0.15) is 5.10 Å². The van der Waals surface area contributed by atoms with Gasteiger partial charge in [0.05, 0.1) is 25.5 Å². The zero-order valence-corrected chi connectivity index (χ0v) is 13.2. The highest BCUT2D eigenvalue weighted by Gasteiger charge is 2.13. The van der Waals surface area contributed by atoms with Crippen molar-refractivity contribution in [3.63, 3.8) is 0 Å². The predicted octanol–water partition coefficient (Wildman–Crippen LogP) is 2.56. The Bertz CT molecular complexity index is 724. The molecule has 2 N–H and O–H groups in total. The largest absolute Gasteiger partial charge is 0.508 e. The number of hydrazone groups is 1. The number of ether oxygens (including phenoxy) is 2. The van der Waals surface area contributed by atoms with Gasteiger partial charge in [0.1, 0.15) is 17.2 Å². The van der Waals surface area contributed by atoms with E-state index in [1.807, 2.05) is 0 Å². The van der Waals surface area contributed by atoms with Gasteiger partial charge in [-0.25, -0.2) is 5.43 Å². The first-order valence-corrected chi connectivity index (χ1v) is 6.91. The molecule has 1 amide bonds. The van der Waals surface area contributed by atoms with Gasteiger partial charge in [-0.15, -0.1) is 0 Å². The van der Waals surface area contributed by atoms with Gasteiger partial charge < -0.3 is 14.6 Å². The van der Waals surface area contributed by atoms with Crippen molar-refractivity contribution in [2.45, 2.75) is 6.92 Å². The minimum atomic E-state index is -0.386. The Morgan fingerprint density at radius 2 is 1.78 bits per heavy atom. The Balaban J connectivity index is 2.15. The number of benzene rings is 2. The van der Waals surface area contributed by atoms with Crippen molar-refractivity contribution in [1.29, 1.82) is 0 Å². The Labute approximate surface area is 134 Å². The lowest BCUT2D eigenvalue weighted by atomic mass is 10.1. The van der Waals surface area contributed by atoms with Crippen molar-refractivity contribution >= 4 is 11.6 Å². The minimum absolute atomic E-state index is 0.175. The average Bonchev–Trinajstić information content (AvgIpc) is 2.59. The molecule has 0 spiro atoms. The van der Waals surface area contributed by atoms with Crippen molar-refractivity contribution in [2.75, 3.05) is 14.2 Å². The van der Waals surface area contributed by atoms with Crippen LogP contribution in [0.3, 0.4) is 0 Å². The van der Waals surface area contributed by atoms with E-state index in [0.29, 0.717) is 22.8 Å². The lowest BCUT2D eigenvalue weighted by Gasteiger charge is -2.09. The average molecular weight is 314 g/mol. The standard InChI is InChI=1S/C17H18N2O4/c1-11(12-4-6-13(20)7-5-12)18-19-17(21)15-9-8-14(22-2)10-16(15)23-3/h4-10,20H,1-3H3,(H,19,21). The zero-order valence-electron chi connectivity index (χ0n) is 13.2. The van der Waals surface area contributed by atoms with E-state index < -0.39 is 0 Å². The minimum Gasteiger partial charge on any atom is -0.508 e. The molecule has 0 radical (unpaired) electrons. The first-order valence-electron chi connectivity index (χ1n) is 6.91. The maximum Gasteiger partial charge on any atom is 0.275 e. The molecule has 0 saturated heterocycles. The molecule has 0 aliphatic heterocycles. The van der Waals surface area contributed by atoms with Crippen LogP contribution in [0.1, 0.15) is 22.8 Å². The third-order valence-corrected chi connectivity index (χ3v) is 3.26. The number of methoxy groups -OCH3 is 2. The summed E-state index contributed by atoms with van der Waals surface area (Å²) in [4.78, 5) is 12.2. The van der Waals surface area contributed by atoms with Gasteiger partial charge in [-0.3, -0.25) is 4.79 Å². The van der Waals surface area contributed by atoms with Gasteiger partial charge in [-0.05, 0) is 48.9 Å². The van der Waals surface area contributed by atoms with Gasteiger partial charge in [0.25, 0.3) is 5.91 Å². The number of phenols is 1. The highest BCUT2D eigenvalue weighted by molar-refractivity contribution is 6.01. The summed E-state index contributed by atoms with van der Waals surface area (Å²) in [5, 5.41) is 13.3. The summed E-state index contributed by atoms with van der Waals surface area (Å²) < 4.78 is 10.3. The molecule has 0 heterocycles. The fraction of sp³-hybridized carbons (Fsp3) is 0.176. The molecule has 6 nitrogen and oxygen atoms in total. The summed E-state index contributed by atoms with van der Waals surface area (Å²) >= 11 is 0. The van der Waals surface area contributed by atoms with Crippen LogP contribution < -0.4 is 14.9 Å². The highest BCUT2D eigenvalue weighted by atomic mass is 16.5. The molecule has 0 atom stereocenters. The smallest absolute Gasteiger partial charge is 0.275 e. The van der Waals surface area contributed by atoms with Crippen LogP contribution in [0, 0.1) is 0 Å². The number of carbonyl (C=O) groups is 1. The molecule has 0 aromatic heterocycles. The van der Waals surface area contributed by atoms with Gasteiger partial charge in [0, 0.05) is 6.07 Å². The topological polar surface area (TPSA) is 80.2 Å². The highest BCUT2D eigenvalue weighted by Crippen LogP contribution is 2.24. The first-order chi connectivity index (χ1) is 11.0. The molecule has 0 saturated carbocycles. The fourth-order valence-electron chi connectivity index (χ4n) is 1.95. The number of carbonyl (C=O) groups excluding carboxylic acids is 1. The van der Waals surface area contributed by atoms with E-state index in [2.05, 4.69) is 10.5 Å². The molecule has 2 rings (SSSR count). The lowest BCUT2D eigenvalue weighted by Crippen LogP contribution is -2.20. The molecular formula is C17H18N2O4. The Morgan fingerprint density at radius 1 is 1.09 bits per heavy atom. The predicted molar refractivity (Wildman–Crippen MR) is 87.3 cm³/mol. The number of phenolic OH excluding ortho intramolecular Hbond substituents is 1. The number of rotatable bonds is 5. The van der Waals surface area contributed by atoms with E-state index >= 15 is 0 Å². The van der Waals surface area contributed by atoms with E-state index in [-0.39, 0.29) is 11.7 Å². The monoisotopic (exact) mass is 314 g/mol. The Morgan fingerprint density at radius 3 is 2.39 bits per heavy atom. The van der Waals surface area contributed by atoms with Crippen molar-refractivity contribution in [1.82, 2.24) is 5.43 Å². The molecule has 0 fully saturated rings. The molecule has 120 valence electrons. The SMILES string of the molecule is COc1ccc(C(=O)NN=C(C)c2ccc(O)cc2)c(OC)c1. The van der Waals surface area contributed by atoms with Crippen molar-refractivity contribution in [3.05, 3.63) is 53.6 Å². The maximum absolute atomic E-state index is 12.2. The second kappa shape index (κ2) is 7.31. The van der Waals surface area contributed by atoms with Crippen LogP contribution in [0.5, 0.6) is 17.2 Å². The molecule has 0 aliphatic rings. The van der Waals surface area contributed by atoms with E-state index in [9.17, 15) is 9.90 Å². The number of nitrogens with one attached hydrogen (secondary N) is 1. The van der Waals surface area contributed by atoms with Gasteiger partial charge >= 0.3 is 0 Å². The van der Waals surface area contributed by atoms with Crippen molar-refractivity contribution in [2.24, 2.45) is 5.10 Å². The van der Waals surface area contributed by atoms with E-state index in [4.69, 9.17) is 9.47 Å². The first kappa shape index (κ1) is 16.4. The van der Waals surface area contributed by atoms with Crippen LogP contribution in [-0.2, 0) is 0 Å². The third kappa shape index (κ3) is 4.00. The second-order valence-corrected chi connectivity index (χ2v) is 4.75. The van der Waals surface area contributed by atoms with Crippen LogP contribution in [0.2, 0.25) is 0 Å². The third-order valence-electron chi connectivity index (χ3n) is 3.26. The van der Waals surface area contributed by atoms with Gasteiger partial charge in [-0.1, -0.05) is 0 Å².